The Morgan fingerprint density at radius 2 is 2.09 bits per heavy atom. The van der Waals surface area contributed by atoms with E-state index >= 15 is 0 Å². The molecule has 0 spiro atoms. The van der Waals surface area contributed by atoms with Crippen LogP contribution in [0.3, 0.4) is 0 Å². The number of aromatic nitrogens is 1. The lowest BCUT2D eigenvalue weighted by atomic mass is 10.1. The molecule has 0 amide bonds. The summed E-state index contributed by atoms with van der Waals surface area (Å²) in [4.78, 5) is 4.71. The molecular formula is C15H19ClN2O3S. The molecule has 0 bridgehead atoms. The average Bonchev–Trinajstić information content (AvgIpc) is 3.05. The maximum Gasteiger partial charge on any atom is 0.161 e. The van der Waals surface area contributed by atoms with Gasteiger partial charge in [0.25, 0.3) is 0 Å². The molecular weight excluding hydrogens is 324 g/mol. The highest BCUT2D eigenvalue weighted by Gasteiger charge is 2.19. The first-order valence-corrected chi connectivity index (χ1v) is 7.68. The van der Waals surface area contributed by atoms with Crippen molar-refractivity contribution >= 4 is 23.7 Å². The third-order valence-electron chi connectivity index (χ3n) is 3.42. The standard InChI is InChI=1S/C15H18N2O3S.ClH/c1-18-13-4-3-10(7-14(13)19-2)12-9-21-15(17-12)11-8-20-6-5-16-11;/h3-4,7,9,11,16H,5-6,8H2,1-2H3;1H. The van der Waals surface area contributed by atoms with Crippen molar-refractivity contribution < 1.29 is 14.2 Å². The van der Waals surface area contributed by atoms with Gasteiger partial charge in [-0.05, 0) is 18.2 Å². The molecule has 0 saturated carbocycles. The summed E-state index contributed by atoms with van der Waals surface area (Å²) in [5.74, 6) is 1.43. The molecule has 1 aliphatic rings. The topological polar surface area (TPSA) is 52.6 Å². The summed E-state index contributed by atoms with van der Waals surface area (Å²) in [5.41, 5.74) is 1.97. The predicted molar refractivity (Wildman–Crippen MR) is 89.5 cm³/mol. The smallest absolute Gasteiger partial charge is 0.161 e. The van der Waals surface area contributed by atoms with Crippen molar-refractivity contribution in [1.29, 1.82) is 0 Å². The lowest BCUT2D eigenvalue weighted by molar-refractivity contribution is 0.0768. The number of nitrogens with one attached hydrogen (secondary N) is 1. The summed E-state index contributed by atoms with van der Waals surface area (Å²) in [7, 11) is 3.27. The third kappa shape index (κ3) is 3.52. The maximum atomic E-state index is 5.49. The number of hydrogen-bond donors (Lipinski definition) is 1. The minimum atomic E-state index is 0. The van der Waals surface area contributed by atoms with Gasteiger partial charge in [-0.15, -0.1) is 23.7 Å². The second kappa shape index (κ2) is 7.78. The first-order valence-electron chi connectivity index (χ1n) is 6.80. The molecule has 0 aliphatic carbocycles. The molecule has 2 heterocycles. The van der Waals surface area contributed by atoms with Gasteiger partial charge in [0.2, 0.25) is 0 Å². The molecule has 1 atom stereocenters. The second-order valence-corrected chi connectivity index (χ2v) is 5.61. The van der Waals surface area contributed by atoms with Crippen molar-refractivity contribution in [2.75, 3.05) is 34.0 Å². The number of ether oxygens (including phenoxy) is 3. The Hall–Kier alpha value is -1.34. The normalized spacial score (nSPS) is 17.6. The van der Waals surface area contributed by atoms with Crippen LogP contribution in [0.25, 0.3) is 11.3 Å². The van der Waals surface area contributed by atoms with Crippen LogP contribution in [0.5, 0.6) is 11.5 Å². The Morgan fingerprint density at radius 3 is 2.77 bits per heavy atom. The summed E-state index contributed by atoms with van der Waals surface area (Å²) in [5, 5.41) is 6.54. The van der Waals surface area contributed by atoms with Gasteiger partial charge in [-0.25, -0.2) is 4.98 Å². The van der Waals surface area contributed by atoms with Crippen LogP contribution in [-0.2, 0) is 4.74 Å². The van der Waals surface area contributed by atoms with Crippen LogP contribution >= 0.6 is 23.7 Å². The number of methoxy groups -OCH3 is 2. The number of halogens is 1. The van der Waals surface area contributed by atoms with Gasteiger partial charge in [-0.1, -0.05) is 0 Å². The van der Waals surface area contributed by atoms with Gasteiger partial charge in [0.1, 0.15) is 5.01 Å². The first-order chi connectivity index (χ1) is 10.3. The third-order valence-corrected chi connectivity index (χ3v) is 4.38. The fraction of sp³-hybridized carbons (Fsp3) is 0.400. The van der Waals surface area contributed by atoms with Crippen molar-refractivity contribution in [3.63, 3.8) is 0 Å². The van der Waals surface area contributed by atoms with Crippen molar-refractivity contribution in [3.05, 3.63) is 28.6 Å². The number of hydrogen-bond acceptors (Lipinski definition) is 6. The molecule has 0 radical (unpaired) electrons. The highest BCUT2D eigenvalue weighted by molar-refractivity contribution is 7.10. The minimum absolute atomic E-state index is 0. The van der Waals surface area contributed by atoms with E-state index in [1.165, 1.54) is 0 Å². The van der Waals surface area contributed by atoms with E-state index in [4.69, 9.17) is 19.2 Å². The zero-order valence-corrected chi connectivity index (χ0v) is 14.1. The van der Waals surface area contributed by atoms with Crippen LogP contribution in [0.2, 0.25) is 0 Å². The minimum Gasteiger partial charge on any atom is -0.493 e. The largest absolute Gasteiger partial charge is 0.493 e. The van der Waals surface area contributed by atoms with E-state index in [2.05, 4.69) is 10.7 Å². The van der Waals surface area contributed by atoms with E-state index in [9.17, 15) is 0 Å². The van der Waals surface area contributed by atoms with E-state index in [1.807, 2.05) is 18.2 Å². The molecule has 1 saturated heterocycles. The Morgan fingerprint density at radius 1 is 1.27 bits per heavy atom. The van der Waals surface area contributed by atoms with E-state index in [0.717, 1.165) is 35.2 Å². The van der Waals surface area contributed by atoms with Crippen molar-refractivity contribution in [2.24, 2.45) is 0 Å². The molecule has 3 rings (SSSR count). The number of benzene rings is 1. The molecule has 1 unspecified atom stereocenters. The molecule has 1 N–H and O–H groups in total. The molecule has 1 aromatic carbocycles. The molecule has 22 heavy (non-hydrogen) atoms. The Balaban J connectivity index is 0.00000176. The Bertz CT molecular complexity index is 615. The fourth-order valence-electron chi connectivity index (χ4n) is 2.30. The van der Waals surface area contributed by atoms with Crippen LogP contribution in [0.1, 0.15) is 11.0 Å². The number of nitrogens with zero attached hydrogens (tertiary/aromatic N) is 1. The summed E-state index contributed by atoms with van der Waals surface area (Å²) < 4.78 is 16.1. The predicted octanol–water partition coefficient (Wildman–Crippen LogP) is 2.91. The van der Waals surface area contributed by atoms with Gasteiger partial charge in [-0.3, -0.25) is 0 Å². The van der Waals surface area contributed by atoms with Gasteiger partial charge in [0.15, 0.2) is 11.5 Å². The molecule has 1 aliphatic heterocycles. The number of rotatable bonds is 4. The molecule has 1 aromatic heterocycles. The van der Waals surface area contributed by atoms with Gasteiger partial charge in [0, 0.05) is 17.5 Å². The highest BCUT2D eigenvalue weighted by Crippen LogP contribution is 2.33. The van der Waals surface area contributed by atoms with Crippen molar-refractivity contribution in [2.45, 2.75) is 6.04 Å². The van der Waals surface area contributed by atoms with Crippen LogP contribution in [0.15, 0.2) is 23.6 Å². The van der Waals surface area contributed by atoms with E-state index in [-0.39, 0.29) is 18.4 Å². The average molecular weight is 343 g/mol. The van der Waals surface area contributed by atoms with Crippen LogP contribution in [-0.4, -0.2) is 39.0 Å². The summed E-state index contributed by atoms with van der Waals surface area (Å²) >= 11 is 1.65. The molecule has 1 fully saturated rings. The lowest BCUT2D eigenvalue weighted by Crippen LogP contribution is -2.34. The lowest BCUT2D eigenvalue weighted by Gasteiger charge is -2.21. The zero-order valence-electron chi connectivity index (χ0n) is 12.5. The van der Waals surface area contributed by atoms with E-state index < -0.39 is 0 Å². The highest BCUT2D eigenvalue weighted by atomic mass is 35.5. The second-order valence-electron chi connectivity index (χ2n) is 4.72. The van der Waals surface area contributed by atoms with Gasteiger partial charge in [-0.2, -0.15) is 0 Å². The quantitative estimate of drug-likeness (QED) is 0.925. The molecule has 5 nitrogen and oxygen atoms in total. The molecule has 120 valence electrons. The molecule has 2 aromatic rings. The van der Waals surface area contributed by atoms with Gasteiger partial charge in [0.05, 0.1) is 39.2 Å². The number of morpholine rings is 1. The van der Waals surface area contributed by atoms with Gasteiger partial charge >= 0.3 is 0 Å². The molecule has 7 heteroatoms. The van der Waals surface area contributed by atoms with E-state index in [1.54, 1.807) is 25.6 Å². The maximum absolute atomic E-state index is 5.49. The Labute approximate surface area is 140 Å². The van der Waals surface area contributed by atoms with Crippen molar-refractivity contribution in [3.8, 4) is 22.8 Å². The van der Waals surface area contributed by atoms with Crippen LogP contribution < -0.4 is 14.8 Å². The van der Waals surface area contributed by atoms with E-state index in [0.29, 0.717) is 12.4 Å². The Kier molecular flexibility index (Phi) is 6.02. The SMILES string of the molecule is COc1ccc(-c2csc(C3COCCN3)n2)cc1OC.Cl. The van der Waals surface area contributed by atoms with Crippen LogP contribution in [0, 0.1) is 0 Å². The summed E-state index contributed by atoms with van der Waals surface area (Å²) in [6, 6.07) is 6.03. The number of thiazole rings is 1. The fourth-order valence-corrected chi connectivity index (χ4v) is 3.19. The summed E-state index contributed by atoms with van der Waals surface area (Å²) in [6.07, 6.45) is 0. The monoisotopic (exact) mass is 342 g/mol. The van der Waals surface area contributed by atoms with Crippen LogP contribution in [0.4, 0.5) is 0 Å². The first kappa shape index (κ1) is 17.0. The van der Waals surface area contributed by atoms with Crippen molar-refractivity contribution in [1.82, 2.24) is 10.3 Å². The van der Waals surface area contributed by atoms with Gasteiger partial charge < -0.3 is 19.5 Å². The summed E-state index contributed by atoms with van der Waals surface area (Å²) in [6.45, 7) is 2.32. The zero-order chi connectivity index (χ0) is 14.7.